The van der Waals surface area contributed by atoms with E-state index in [1.165, 1.54) is 17.8 Å². The van der Waals surface area contributed by atoms with Crippen LogP contribution in [0.1, 0.15) is 35.7 Å². The molecule has 0 radical (unpaired) electrons. The van der Waals surface area contributed by atoms with Gasteiger partial charge in [-0.25, -0.2) is 9.78 Å². The molecule has 2 aromatic rings. The predicted molar refractivity (Wildman–Crippen MR) is 76.2 cm³/mol. The van der Waals surface area contributed by atoms with Gasteiger partial charge in [-0.3, -0.25) is 0 Å². The Kier molecular flexibility index (Phi) is 3.89. The smallest absolute Gasteiger partial charge is 0.338 e. The van der Waals surface area contributed by atoms with E-state index >= 15 is 0 Å². The van der Waals surface area contributed by atoms with Crippen molar-refractivity contribution in [3.8, 4) is 11.6 Å². The Morgan fingerprint density at radius 3 is 2.45 bits per heavy atom. The lowest BCUT2D eigenvalue weighted by molar-refractivity contribution is 0.0697. The number of carboxylic acids is 1. The first-order valence-electron chi connectivity index (χ1n) is 6.24. The quantitative estimate of drug-likeness (QED) is 0.892. The topological polar surface area (TPSA) is 85.4 Å². The largest absolute Gasteiger partial charge is 0.478 e. The molecular formula is C15H16N2O3. The Balaban J connectivity index is 2.26. The molecule has 0 saturated carbocycles. The van der Waals surface area contributed by atoms with E-state index < -0.39 is 5.97 Å². The first kappa shape index (κ1) is 13.9. The van der Waals surface area contributed by atoms with Gasteiger partial charge in [0.25, 0.3) is 0 Å². The molecule has 2 rings (SSSR count). The van der Waals surface area contributed by atoms with E-state index in [0.717, 1.165) is 0 Å². The van der Waals surface area contributed by atoms with Crippen molar-refractivity contribution in [2.24, 2.45) is 0 Å². The van der Waals surface area contributed by atoms with Crippen LogP contribution in [0, 0.1) is 0 Å². The van der Waals surface area contributed by atoms with E-state index in [9.17, 15) is 4.79 Å². The van der Waals surface area contributed by atoms with Crippen LogP contribution >= 0.6 is 0 Å². The zero-order valence-electron chi connectivity index (χ0n) is 11.3. The minimum atomic E-state index is -1.11. The van der Waals surface area contributed by atoms with Crippen molar-refractivity contribution in [2.45, 2.75) is 19.8 Å². The van der Waals surface area contributed by atoms with Crippen LogP contribution in [0.4, 0.5) is 5.69 Å². The molecule has 0 unspecified atom stereocenters. The number of hydrogen-bond acceptors (Lipinski definition) is 4. The molecule has 0 bridgehead atoms. The number of anilines is 1. The van der Waals surface area contributed by atoms with Gasteiger partial charge in [-0.05, 0) is 29.7 Å². The monoisotopic (exact) mass is 272 g/mol. The summed E-state index contributed by atoms with van der Waals surface area (Å²) in [7, 11) is 0. The van der Waals surface area contributed by atoms with Crippen LogP contribution in [0.2, 0.25) is 0 Å². The van der Waals surface area contributed by atoms with Crippen molar-refractivity contribution in [3.05, 3.63) is 47.7 Å². The lowest BCUT2D eigenvalue weighted by Gasteiger charge is -2.10. The Hall–Kier alpha value is -2.56. The standard InChI is InChI=1S/C15H16N2O3/c1-9(2)10-3-5-11(6-4-10)20-14-13(16)12(15(18)19)7-8-17-14/h3-9H,16H2,1-2H3,(H,18,19). The van der Waals surface area contributed by atoms with Gasteiger partial charge in [0.15, 0.2) is 0 Å². The van der Waals surface area contributed by atoms with E-state index in [1.54, 1.807) is 0 Å². The van der Waals surface area contributed by atoms with Gasteiger partial charge in [0, 0.05) is 6.20 Å². The maximum absolute atomic E-state index is 11.0. The van der Waals surface area contributed by atoms with Gasteiger partial charge in [-0.2, -0.15) is 0 Å². The molecule has 1 aromatic carbocycles. The molecule has 0 aliphatic carbocycles. The number of aromatic carboxylic acids is 1. The van der Waals surface area contributed by atoms with Gasteiger partial charge in [0.2, 0.25) is 5.88 Å². The van der Waals surface area contributed by atoms with Crippen molar-refractivity contribution >= 4 is 11.7 Å². The van der Waals surface area contributed by atoms with Gasteiger partial charge >= 0.3 is 5.97 Å². The van der Waals surface area contributed by atoms with E-state index in [4.69, 9.17) is 15.6 Å². The predicted octanol–water partition coefficient (Wildman–Crippen LogP) is 3.28. The van der Waals surface area contributed by atoms with Gasteiger partial charge in [-0.15, -0.1) is 0 Å². The molecule has 20 heavy (non-hydrogen) atoms. The van der Waals surface area contributed by atoms with Crippen LogP contribution in [-0.2, 0) is 0 Å². The fraction of sp³-hybridized carbons (Fsp3) is 0.200. The maximum atomic E-state index is 11.0. The lowest BCUT2D eigenvalue weighted by Crippen LogP contribution is -2.05. The number of aromatic nitrogens is 1. The summed E-state index contributed by atoms with van der Waals surface area (Å²) in [6.45, 7) is 4.21. The number of nitrogen functional groups attached to an aromatic ring is 1. The number of benzene rings is 1. The Bertz CT molecular complexity index is 622. The van der Waals surface area contributed by atoms with Crippen LogP contribution < -0.4 is 10.5 Å². The molecule has 1 heterocycles. The fourth-order valence-electron chi connectivity index (χ4n) is 1.75. The number of rotatable bonds is 4. The molecule has 0 aliphatic heterocycles. The highest BCUT2D eigenvalue weighted by atomic mass is 16.5. The summed E-state index contributed by atoms with van der Waals surface area (Å²) < 4.78 is 5.54. The molecule has 5 nitrogen and oxygen atoms in total. The second-order valence-electron chi connectivity index (χ2n) is 4.71. The molecule has 0 aliphatic rings. The van der Waals surface area contributed by atoms with Crippen molar-refractivity contribution in [1.82, 2.24) is 4.98 Å². The molecule has 0 spiro atoms. The summed E-state index contributed by atoms with van der Waals surface area (Å²) in [5.74, 6) is -0.00850. The van der Waals surface area contributed by atoms with Gasteiger partial charge in [0.05, 0.1) is 5.56 Å². The minimum Gasteiger partial charge on any atom is -0.478 e. The maximum Gasteiger partial charge on any atom is 0.338 e. The highest BCUT2D eigenvalue weighted by molar-refractivity contribution is 5.94. The zero-order chi connectivity index (χ0) is 14.7. The van der Waals surface area contributed by atoms with Gasteiger partial charge in [0.1, 0.15) is 11.4 Å². The zero-order valence-corrected chi connectivity index (χ0v) is 11.3. The molecular weight excluding hydrogens is 256 g/mol. The number of carboxylic acid groups (broad SMARTS) is 1. The average Bonchev–Trinajstić information content (AvgIpc) is 2.41. The summed E-state index contributed by atoms with van der Waals surface area (Å²) in [5.41, 5.74) is 6.94. The average molecular weight is 272 g/mol. The molecule has 1 aromatic heterocycles. The van der Waals surface area contributed by atoms with Crippen molar-refractivity contribution in [2.75, 3.05) is 5.73 Å². The van der Waals surface area contributed by atoms with E-state index in [1.807, 2.05) is 24.3 Å². The van der Waals surface area contributed by atoms with Gasteiger partial charge in [-0.1, -0.05) is 26.0 Å². The Morgan fingerprint density at radius 1 is 1.25 bits per heavy atom. The summed E-state index contributed by atoms with van der Waals surface area (Å²) in [5, 5.41) is 8.99. The molecule has 0 fully saturated rings. The number of ether oxygens (including phenoxy) is 1. The summed E-state index contributed by atoms with van der Waals surface area (Å²) in [4.78, 5) is 14.9. The second-order valence-corrected chi connectivity index (χ2v) is 4.71. The lowest BCUT2D eigenvalue weighted by atomic mass is 10.0. The molecule has 0 amide bonds. The third kappa shape index (κ3) is 2.88. The van der Waals surface area contributed by atoms with E-state index in [0.29, 0.717) is 11.7 Å². The second kappa shape index (κ2) is 5.61. The number of nitrogens with two attached hydrogens (primary N) is 1. The van der Waals surface area contributed by atoms with Crippen LogP contribution in [0.15, 0.2) is 36.5 Å². The molecule has 0 atom stereocenters. The SMILES string of the molecule is CC(C)c1ccc(Oc2nccc(C(=O)O)c2N)cc1. The highest BCUT2D eigenvalue weighted by Crippen LogP contribution is 2.28. The fourth-order valence-corrected chi connectivity index (χ4v) is 1.75. The van der Waals surface area contributed by atoms with Crippen LogP contribution in [0.3, 0.4) is 0 Å². The summed E-state index contributed by atoms with van der Waals surface area (Å²) in [6.07, 6.45) is 1.36. The van der Waals surface area contributed by atoms with Gasteiger partial charge < -0.3 is 15.6 Å². The first-order chi connectivity index (χ1) is 9.49. The molecule has 104 valence electrons. The minimum absolute atomic E-state index is 0.0196. The van der Waals surface area contributed by atoms with E-state index in [2.05, 4.69) is 18.8 Å². The first-order valence-corrected chi connectivity index (χ1v) is 6.24. The van der Waals surface area contributed by atoms with Crippen molar-refractivity contribution in [1.29, 1.82) is 0 Å². The Morgan fingerprint density at radius 2 is 1.90 bits per heavy atom. The highest BCUT2D eigenvalue weighted by Gasteiger charge is 2.13. The number of carbonyl (C=O) groups is 1. The number of nitrogens with zero attached hydrogens (tertiary/aromatic N) is 1. The molecule has 0 saturated heterocycles. The third-order valence-corrected chi connectivity index (χ3v) is 2.95. The third-order valence-electron chi connectivity index (χ3n) is 2.95. The van der Waals surface area contributed by atoms with Crippen LogP contribution in [0.25, 0.3) is 0 Å². The van der Waals surface area contributed by atoms with E-state index in [-0.39, 0.29) is 17.1 Å². The van der Waals surface area contributed by atoms with Crippen molar-refractivity contribution < 1.29 is 14.6 Å². The summed E-state index contributed by atoms with van der Waals surface area (Å²) >= 11 is 0. The van der Waals surface area contributed by atoms with Crippen LogP contribution in [0.5, 0.6) is 11.6 Å². The number of hydrogen-bond donors (Lipinski definition) is 2. The number of pyridine rings is 1. The summed E-state index contributed by atoms with van der Waals surface area (Å²) in [6, 6.07) is 8.87. The van der Waals surface area contributed by atoms with Crippen LogP contribution in [-0.4, -0.2) is 16.1 Å². The molecule has 5 heteroatoms. The normalized spacial score (nSPS) is 10.6. The Labute approximate surface area is 117 Å². The van der Waals surface area contributed by atoms with Crippen molar-refractivity contribution in [3.63, 3.8) is 0 Å². The molecule has 3 N–H and O–H groups in total.